The van der Waals surface area contributed by atoms with Crippen molar-refractivity contribution in [2.45, 2.75) is 19.4 Å². The van der Waals surface area contributed by atoms with Gasteiger partial charge < -0.3 is 9.47 Å². The van der Waals surface area contributed by atoms with Gasteiger partial charge in [0.25, 0.3) is 0 Å². The van der Waals surface area contributed by atoms with Gasteiger partial charge in [-0.2, -0.15) is 0 Å². The zero-order chi connectivity index (χ0) is 18.2. The van der Waals surface area contributed by atoms with Crippen molar-refractivity contribution in [3.63, 3.8) is 0 Å². The first kappa shape index (κ1) is 17.6. The number of allylic oxidation sites excluding steroid dienone is 1. The van der Waals surface area contributed by atoms with Gasteiger partial charge in [0, 0.05) is 19.4 Å². The third kappa shape index (κ3) is 4.90. The Bertz CT molecular complexity index is 829. The largest absolute Gasteiger partial charge is 0.497 e. The summed E-state index contributed by atoms with van der Waals surface area (Å²) >= 11 is 0. The van der Waals surface area contributed by atoms with Crippen molar-refractivity contribution in [2.24, 2.45) is 0 Å². The van der Waals surface area contributed by atoms with Crippen molar-refractivity contribution >= 4 is 6.09 Å². The second kappa shape index (κ2) is 8.77. The maximum Gasteiger partial charge on any atom is 0.415 e. The maximum absolute atomic E-state index is 11.9. The minimum absolute atomic E-state index is 0.300. The fourth-order valence-corrected chi connectivity index (χ4v) is 2.64. The molecule has 0 saturated carbocycles. The third-order valence-corrected chi connectivity index (χ3v) is 4.05. The smallest absolute Gasteiger partial charge is 0.415 e. The van der Waals surface area contributed by atoms with E-state index in [0.29, 0.717) is 31.7 Å². The van der Waals surface area contributed by atoms with Crippen LogP contribution < -0.4 is 4.74 Å². The van der Waals surface area contributed by atoms with Crippen LogP contribution in [-0.4, -0.2) is 24.6 Å². The molecule has 0 unspecified atom stereocenters. The molecule has 2 aromatic carbocycles. The lowest BCUT2D eigenvalue weighted by molar-refractivity contribution is 0.167. The van der Waals surface area contributed by atoms with Crippen molar-refractivity contribution < 1.29 is 14.3 Å². The summed E-state index contributed by atoms with van der Waals surface area (Å²) in [6, 6.07) is 17.8. The van der Waals surface area contributed by atoms with Crippen molar-refractivity contribution in [2.75, 3.05) is 13.7 Å². The van der Waals surface area contributed by atoms with Crippen LogP contribution in [0.4, 0.5) is 4.79 Å². The Morgan fingerprint density at radius 3 is 2.58 bits per heavy atom. The van der Waals surface area contributed by atoms with Crippen LogP contribution >= 0.6 is 0 Å². The molecule has 1 saturated heterocycles. The lowest BCUT2D eigenvalue weighted by Gasteiger charge is -2.11. The number of benzene rings is 2. The molecule has 132 valence electrons. The van der Waals surface area contributed by atoms with Crippen molar-refractivity contribution in [3.05, 3.63) is 77.6 Å². The topological polar surface area (TPSA) is 38.8 Å². The third-order valence-electron chi connectivity index (χ3n) is 4.05. The molecule has 2 aromatic rings. The highest BCUT2D eigenvalue weighted by atomic mass is 16.6. The molecule has 0 aliphatic carbocycles. The van der Waals surface area contributed by atoms with Gasteiger partial charge in [0.2, 0.25) is 0 Å². The van der Waals surface area contributed by atoms with Crippen LogP contribution in [0.15, 0.2) is 66.4 Å². The number of rotatable bonds is 5. The summed E-state index contributed by atoms with van der Waals surface area (Å²) in [6.07, 6.45) is 2.83. The maximum atomic E-state index is 11.9. The molecule has 1 heterocycles. The van der Waals surface area contributed by atoms with E-state index in [1.807, 2.05) is 60.7 Å². The molecule has 1 aliphatic heterocycles. The van der Waals surface area contributed by atoms with E-state index in [-0.39, 0.29) is 6.09 Å². The fourth-order valence-electron chi connectivity index (χ4n) is 2.64. The second-order valence-corrected chi connectivity index (χ2v) is 5.96. The average Bonchev–Trinajstić information content (AvgIpc) is 3.02. The normalized spacial score (nSPS) is 14.7. The number of carbonyl (C=O) groups is 1. The Balaban J connectivity index is 1.48. The predicted molar refractivity (Wildman–Crippen MR) is 101 cm³/mol. The number of amides is 1. The first-order valence-corrected chi connectivity index (χ1v) is 8.53. The molecule has 1 aliphatic rings. The highest BCUT2D eigenvalue weighted by Crippen LogP contribution is 2.18. The molecule has 26 heavy (non-hydrogen) atoms. The van der Waals surface area contributed by atoms with Crippen molar-refractivity contribution in [3.8, 4) is 17.6 Å². The van der Waals surface area contributed by atoms with Gasteiger partial charge in [-0.15, -0.1) is 0 Å². The Labute approximate surface area is 154 Å². The van der Waals surface area contributed by atoms with E-state index in [1.165, 1.54) is 0 Å². The van der Waals surface area contributed by atoms with E-state index in [0.717, 1.165) is 16.9 Å². The Hall–Kier alpha value is -3.19. The summed E-state index contributed by atoms with van der Waals surface area (Å²) in [4.78, 5) is 13.6. The van der Waals surface area contributed by atoms with Crippen LogP contribution in [0.5, 0.6) is 5.75 Å². The summed E-state index contributed by atoms with van der Waals surface area (Å²) in [5, 5.41) is 0. The number of hydrogen-bond acceptors (Lipinski definition) is 3. The first-order chi connectivity index (χ1) is 12.7. The van der Waals surface area contributed by atoms with Gasteiger partial charge in [0.15, 0.2) is 0 Å². The lowest BCUT2D eigenvalue weighted by Crippen LogP contribution is -2.23. The molecule has 0 aromatic heterocycles. The number of hydrogen-bond donors (Lipinski definition) is 0. The molecule has 0 spiro atoms. The first-order valence-electron chi connectivity index (χ1n) is 8.53. The monoisotopic (exact) mass is 347 g/mol. The fraction of sp³-hybridized carbons (Fsp3) is 0.227. The number of cyclic esters (lactones) is 1. The van der Waals surface area contributed by atoms with E-state index in [9.17, 15) is 4.79 Å². The number of nitrogens with zero attached hydrogens (tertiary/aromatic N) is 1. The minimum atomic E-state index is -0.300. The Morgan fingerprint density at radius 2 is 1.85 bits per heavy atom. The van der Waals surface area contributed by atoms with Crippen LogP contribution in [0.25, 0.3) is 0 Å². The summed E-state index contributed by atoms with van der Waals surface area (Å²) in [6.45, 7) is 1.05. The highest BCUT2D eigenvalue weighted by Gasteiger charge is 2.26. The summed E-state index contributed by atoms with van der Waals surface area (Å²) in [5.41, 5.74) is 2.23. The van der Waals surface area contributed by atoms with Crippen molar-refractivity contribution in [1.82, 2.24) is 4.90 Å². The summed E-state index contributed by atoms with van der Waals surface area (Å²) in [7, 11) is 1.65. The zero-order valence-electron chi connectivity index (χ0n) is 14.8. The Morgan fingerprint density at radius 1 is 1.08 bits per heavy atom. The average molecular weight is 347 g/mol. The molecule has 1 amide bonds. The van der Waals surface area contributed by atoms with Gasteiger partial charge in [-0.3, -0.25) is 4.90 Å². The minimum Gasteiger partial charge on any atom is -0.497 e. The van der Waals surface area contributed by atoms with E-state index in [4.69, 9.17) is 9.47 Å². The van der Waals surface area contributed by atoms with E-state index in [2.05, 4.69) is 11.8 Å². The van der Waals surface area contributed by atoms with E-state index in [1.54, 1.807) is 12.0 Å². The van der Waals surface area contributed by atoms with Gasteiger partial charge in [0.1, 0.15) is 11.5 Å². The van der Waals surface area contributed by atoms with Gasteiger partial charge in [-0.25, -0.2) is 4.79 Å². The zero-order valence-corrected chi connectivity index (χ0v) is 14.8. The Kier molecular flexibility index (Phi) is 5.95. The highest BCUT2D eigenvalue weighted by molar-refractivity contribution is 5.72. The molecule has 0 atom stereocenters. The molecule has 0 radical (unpaired) electrons. The van der Waals surface area contributed by atoms with Crippen LogP contribution in [0, 0.1) is 11.8 Å². The lowest BCUT2D eigenvalue weighted by atomic mass is 10.1. The quantitative estimate of drug-likeness (QED) is 0.762. The van der Waals surface area contributed by atoms with E-state index >= 15 is 0 Å². The van der Waals surface area contributed by atoms with Crippen LogP contribution in [0.2, 0.25) is 0 Å². The second-order valence-electron chi connectivity index (χ2n) is 5.96. The predicted octanol–water partition coefficient (Wildman–Crippen LogP) is 4.17. The van der Waals surface area contributed by atoms with Gasteiger partial charge in [-0.1, -0.05) is 54.3 Å². The van der Waals surface area contributed by atoms with Crippen LogP contribution in [0.1, 0.15) is 17.5 Å². The molecule has 4 nitrogen and oxygen atoms in total. The molecular formula is C22H21NO3. The van der Waals surface area contributed by atoms with Crippen LogP contribution in [-0.2, 0) is 17.7 Å². The summed E-state index contributed by atoms with van der Waals surface area (Å²) in [5.74, 6) is 7.75. The van der Waals surface area contributed by atoms with Crippen LogP contribution in [0.3, 0.4) is 0 Å². The number of carbonyl (C=O) groups excluding carboxylic acids is 1. The molecule has 1 fully saturated rings. The standard InChI is InChI=1S/C22H21NO3/c1-25-20-14-12-18(13-15-20)8-4-3-7-11-21-17-23(22(24)26-21)16-19-9-5-2-6-10-19/h2,5-6,9-15H,7-8,16-17H2,1H3/b21-11+. The van der Waals surface area contributed by atoms with Gasteiger partial charge in [-0.05, 0) is 29.3 Å². The molecule has 3 rings (SSSR count). The van der Waals surface area contributed by atoms with Crippen molar-refractivity contribution in [1.29, 1.82) is 0 Å². The summed E-state index contributed by atoms with van der Waals surface area (Å²) < 4.78 is 10.4. The van der Waals surface area contributed by atoms with Gasteiger partial charge >= 0.3 is 6.09 Å². The number of ether oxygens (including phenoxy) is 2. The molecular weight excluding hydrogens is 326 g/mol. The molecule has 4 heteroatoms. The SMILES string of the molecule is COc1ccc(CC#CC/C=C2\CN(Cc3ccccc3)C(=O)O2)cc1. The molecule has 0 N–H and O–H groups in total. The van der Waals surface area contributed by atoms with E-state index < -0.39 is 0 Å². The van der Waals surface area contributed by atoms with Gasteiger partial charge in [0.05, 0.1) is 13.7 Å². The molecule has 0 bridgehead atoms. The number of methoxy groups -OCH3 is 1.